The summed E-state index contributed by atoms with van der Waals surface area (Å²) in [6, 6.07) is 4.08. The van der Waals surface area contributed by atoms with Crippen LogP contribution in [0.1, 0.15) is 37.0 Å². The van der Waals surface area contributed by atoms with Crippen LogP contribution in [-0.2, 0) is 9.59 Å². The molecule has 1 N–H and O–H groups in total. The maximum Gasteiger partial charge on any atom is 0.256 e. The molecule has 1 heterocycles. The summed E-state index contributed by atoms with van der Waals surface area (Å²) in [6.45, 7) is 5.08. The number of halogens is 1. The summed E-state index contributed by atoms with van der Waals surface area (Å²) in [6.07, 6.45) is 0.500. The standard InChI is InChI=1S/C17H22ClN3O3/c1-4-21(5-2)15(22)9-8-14-16(23)19-13-10-11(18)6-7-12(13)17(24)20(14)3/h6-7,10,14H,4-5,8-9H2,1-3H3,(H,19,23)/t14-/m1/s1. The molecule has 1 aliphatic rings. The largest absolute Gasteiger partial charge is 0.343 e. The predicted octanol–water partition coefficient (Wildman–Crippen LogP) is 2.38. The first kappa shape index (κ1) is 18.3. The fraction of sp³-hybridized carbons (Fsp3) is 0.471. The second-order valence-electron chi connectivity index (χ2n) is 5.72. The molecule has 1 aromatic carbocycles. The number of amides is 3. The molecule has 3 amide bonds. The van der Waals surface area contributed by atoms with Crippen molar-refractivity contribution in [1.82, 2.24) is 9.80 Å². The van der Waals surface area contributed by atoms with E-state index in [1.165, 1.54) is 4.90 Å². The van der Waals surface area contributed by atoms with Crippen LogP contribution in [0.5, 0.6) is 0 Å². The molecule has 0 unspecified atom stereocenters. The smallest absolute Gasteiger partial charge is 0.256 e. The third-order valence-electron chi connectivity index (χ3n) is 4.31. The summed E-state index contributed by atoms with van der Waals surface area (Å²) in [7, 11) is 1.58. The molecule has 0 spiro atoms. The van der Waals surface area contributed by atoms with Gasteiger partial charge in [-0.05, 0) is 38.5 Å². The number of carbonyl (C=O) groups excluding carboxylic acids is 3. The van der Waals surface area contributed by atoms with Crippen molar-refractivity contribution in [3.05, 3.63) is 28.8 Å². The van der Waals surface area contributed by atoms with Gasteiger partial charge in [-0.1, -0.05) is 11.6 Å². The van der Waals surface area contributed by atoms with Gasteiger partial charge in [0.1, 0.15) is 6.04 Å². The van der Waals surface area contributed by atoms with Gasteiger partial charge in [-0.25, -0.2) is 0 Å². The molecule has 1 atom stereocenters. The van der Waals surface area contributed by atoms with E-state index in [2.05, 4.69) is 5.32 Å². The summed E-state index contributed by atoms with van der Waals surface area (Å²) < 4.78 is 0. The number of hydrogen-bond acceptors (Lipinski definition) is 3. The van der Waals surface area contributed by atoms with Crippen LogP contribution in [0.4, 0.5) is 5.69 Å². The van der Waals surface area contributed by atoms with Gasteiger partial charge in [-0.2, -0.15) is 0 Å². The van der Waals surface area contributed by atoms with Crippen molar-refractivity contribution in [2.45, 2.75) is 32.7 Å². The summed E-state index contributed by atoms with van der Waals surface area (Å²) in [5, 5.41) is 3.19. The van der Waals surface area contributed by atoms with Crippen molar-refractivity contribution >= 4 is 35.0 Å². The van der Waals surface area contributed by atoms with Crippen molar-refractivity contribution < 1.29 is 14.4 Å². The number of fused-ring (bicyclic) bond motifs is 1. The average molecular weight is 352 g/mol. The van der Waals surface area contributed by atoms with Crippen molar-refractivity contribution in [3.63, 3.8) is 0 Å². The Morgan fingerprint density at radius 3 is 2.58 bits per heavy atom. The quantitative estimate of drug-likeness (QED) is 0.885. The van der Waals surface area contributed by atoms with Crippen LogP contribution >= 0.6 is 11.6 Å². The molecule has 0 saturated carbocycles. The molecule has 0 saturated heterocycles. The van der Waals surface area contributed by atoms with E-state index in [0.717, 1.165) is 0 Å². The number of likely N-dealkylation sites (N-methyl/N-ethyl adjacent to an activating group) is 1. The summed E-state index contributed by atoms with van der Waals surface area (Å²) in [5.74, 6) is -0.585. The number of anilines is 1. The van der Waals surface area contributed by atoms with Crippen molar-refractivity contribution in [3.8, 4) is 0 Å². The number of rotatable bonds is 5. The number of hydrogen-bond donors (Lipinski definition) is 1. The second-order valence-corrected chi connectivity index (χ2v) is 6.15. The molecule has 1 aromatic rings. The first-order valence-corrected chi connectivity index (χ1v) is 8.42. The van der Waals surface area contributed by atoms with Crippen molar-refractivity contribution in [1.29, 1.82) is 0 Å². The SMILES string of the molecule is CCN(CC)C(=O)CC[C@@H]1C(=O)Nc2cc(Cl)ccc2C(=O)N1C. The second kappa shape index (κ2) is 7.66. The number of nitrogens with one attached hydrogen (secondary N) is 1. The van der Waals surface area contributed by atoms with Gasteiger partial charge >= 0.3 is 0 Å². The lowest BCUT2D eigenvalue weighted by atomic mass is 10.1. The Hall–Kier alpha value is -2.08. The van der Waals surface area contributed by atoms with Crippen LogP contribution in [0, 0.1) is 0 Å². The van der Waals surface area contributed by atoms with E-state index in [4.69, 9.17) is 11.6 Å². The van der Waals surface area contributed by atoms with Gasteiger partial charge < -0.3 is 15.1 Å². The third kappa shape index (κ3) is 3.70. The normalized spacial score (nSPS) is 17.2. The Morgan fingerprint density at radius 2 is 1.96 bits per heavy atom. The minimum Gasteiger partial charge on any atom is -0.343 e. The molecule has 1 aliphatic heterocycles. The molecule has 0 aliphatic carbocycles. The van der Waals surface area contributed by atoms with E-state index >= 15 is 0 Å². The molecule has 130 valence electrons. The topological polar surface area (TPSA) is 69.7 Å². The molecule has 0 bridgehead atoms. The zero-order valence-electron chi connectivity index (χ0n) is 14.1. The third-order valence-corrected chi connectivity index (χ3v) is 4.54. The number of carbonyl (C=O) groups is 3. The summed E-state index contributed by atoms with van der Waals surface area (Å²) >= 11 is 5.94. The van der Waals surface area contributed by atoms with E-state index in [9.17, 15) is 14.4 Å². The van der Waals surface area contributed by atoms with Crippen LogP contribution in [0.25, 0.3) is 0 Å². The fourth-order valence-electron chi connectivity index (χ4n) is 2.85. The molecule has 0 fully saturated rings. The van der Waals surface area contributed by atoms with Crippen LogP contribution < -0.4 is 5.32 Å². The first-order valence-electron chi connectivity index (χ1n) is 8.04. The highest BCUT2D eigenvalue weighted by molar-refractivity contribution is 6.31. The van der Waals surface area contributed by atoms with Gasteiger partial charge in [-0.15, -0.1) is 0 Å². The molecule has 7 heteroatoms. The minimum absolute atomic E-state index is 0.0153. The number of nitrogens with zero attached hydrogens (tertiary/aromatic N) is 2. The van der Waals surface area contributed by atoms with E-state index in [0.29, 0.717) is 29.4 Å². The summed E-state index contributed by atoms with van der Waals surface area (Å²) in [4.78, 5) is 40.4. The first-order chi connectivity index (χ1) is 11.4. The van der Waals surface area contributed by atoms with Gasteiger partial charge in [0.25, 0.3) is 5.91 Å². The van der Waals surface area contributed by atoms with E-state index in [1.54, 1.807) is 30.1 Å². The van der Waals surface area contributed by atoms with E-state index in [-0.39, 0.29) is 30.6 Å². The number of benzene rings is 1. The molecule has 2 rings (SSSR count). The molecule has 0 aromatic heterocycles. The monoisotopic (exact) mass is 351 g/mol. The van der Waals surface area contributed by atoms with Crippen LogP contribution in [0.2, 0.25) is 5.02 Å². The van der Waals surface area contributed by atoms with Crippen molar-refractivity contribution in [2.24, 2.45) is 0 Å². The maximum absolute atomic E-state index is 12.6. The van der Waals surface area contributed by atoms with Crippen LogP contribution in [0.3, 0.4) is 0 Å². The van der Waals surface area contributed by atoms with Crippen LogP contribution in [0.15, 0.2) is 18.2 Å². The lowest BCUT2D eigenvalue weighted by Crippen LogP contribution is -2.43. The van der Waals surface area contributed by atoms with Gasteiger partial charge in [0, 0.05) is 31.6 Å². The Bertz CT molecular complexity index is 658. The average Bonchev–Trinajstić information content (AvgIpc) is 2.63. The van der Waals surface area contributed by atoms with Crippen molar-refractivity contribution in [2.75, 3.05) is 25.5 Å². The highest BCUT2D eigenvalue weighted by atomic mass is 35.5. The Labute approximate surface area is 146 Å². The minimum atomic E-state index is -0.691. The van der Waals surface area contributed by atoms with Gasteiger partial charge in [0.05, 0.1) is 11.3 Å². The zero-order valence-corrected chi connectivity index (χ0v) is 14.9. The van der Waals surface area contributed by atoms with Gasteiger partial charge in [0.2, 0.25) is 11.8 Å². The van der Waals surface area contributed by atoms with Gasteiger partial charge in [0.15, 0.2) is 0 Å². The molecule has 24 heavy (non-hydrogen) atoms. The highest BCUT2D eigenvalue weighted by Gasteiger charge is 2.33. The highest BCUT2D eigenvalue weighted by Crippen LogP contribution is 2.27. The Balaban J connectivity index is 2.17. The fourth-order valence-corrected chi connectivity index (χ4v) is 3.02. The molecule has 0 radical (unpaired) electrons. The Morgan fingerprint density at radius 1 is 1.29 bits per heavy atom. The zero-order chi connectivity index (χ0) is 17.9. The lowest BCUT2D eigenvalue weighted by Gasteiger charge is -2.25. The maximum atomic E-state index is 12.6. The predicted molar refractivity (Wildman–Crippen MR) is 93.1 cm³/mol. The molecular formula is C17H22ClN3O3. The van der Waals surface area contributed by atoms with Gasteiger partial charge in [-0.3, -0.25) is 14.4 Å². The van der Waals surface area contributed by atoms with E-state index in [1.807, 2.05) is 13.8 Å². The Kier molecular flexibility index (Phi) is 5.83. The molecule has 6 nitrogen and oxygen atoms in total. The molecular weight excluding hydrogens is 330 g/mol. The summed E-state index contributed by atoms with van der Waals surface area (Å²) in [5.41, 5.74) is 0.801. The van der Waals surface area contributed by atoms with Crippen LogP contribution in [-0.4, -0.2) is 53.7 Å². The lowest BCUT2D eigenvalue weighted by molar-refractivity contribution is -0.131. The van der Waals surface area contributed by atoms with E-state index < -0.39 is 6.04 Å².